The van der Waals surface area contributed by atoms with E-state index < -0.39 is 0 Å². The Bertz CT molecular complexity index is 760. The molecule has 0 spiro atoms. The van der Waals surface area contributed by atoms with Crippen LogP contribution < -0.4 is 4.90 Å². The monoisotopic (exact) mass is 319 g/mol. The molecule has 1 N–H and O–H groups in total. The Labute approximate surface area is 144 Å². The fourth-order valence-corrected chi connectivity index (χ4v) is 2.93. The molecular weight excluding hydrogens is 294 g/mol. The maximum atomic E-state index is 4.57. The van der Waals surface area contributed by atoms with Gasteiger partial charge in [0.2, 0.25) is 0 Å². The van der Waals surface area contributed by atoms with Crippen LogP contribution in [0.25, 0.3) is 23.2 Å². The number of imidazole rings is 1. The van der Waals surface area contributed by atoms with E-state index in [1.807, 2.05) is 30.3 Å². The third kappa shape index (κ3) is 3.85. The highest BCUT2D eigenvalue weighted by molar-refractivity contribution is 5.78. The van der Waals surface area contributed by atoms with Gasteiger partial charge in [-0.3, -0.25) is 0 Å². The first-order valence-electron chi connectivity index (χ1n) is 8.78. The van der Waals surface area contributed by atoms with Crippen molar-refractivity contribution >= 4 is 28.9 Å². The molecule has 0 fully saturated rings. The third-order valence-electron chi connectivity index (χ3n) is 4.09. The van der Waals surface area contributed by atoms with Crippen molar-refractivity contribution in [2.75, 3.05) is 18.0 Å². The molecule has 1 heterocycles. The van der Waals surface area contributed by atoms with Gasteiger partial charge in [-0.2, -0.15) is 0 Å². The molecule has 3 aromatic rings. The second-order valence-corrected chi connectivity index (χ2v) is 6.05. The van der Waals surface area contributed by atoms with E-state index >= 15 is 0 Å². The van der Waals surface area contributed by atoms with Gasteiger partial charge in [-0.1, -0.05) is 44.2 Å². The maximum absolute atomic E-state index is 4.57. The molecule has 0 aliphatic heterocycles. The number of anilines is 1. The lowest BCUT2D eigenvalue weighted by Crippen LogP contribution is -2.24. The van der Waals surface area contributed by atoms with Gasteiger partial charge >= 0.3 is 0 Å². The van der Waals surface area contributed by atoms with Gasteiger partial charge in [0.15, 0.2) is 0 Å². The van der Waals surface area contributed by atoms with Gasteiger partial charge in [0.1, 0.15) is 5.82 Å². The number of aromatic amines is 1. The number of H-pyrrole nitrogens is 1. The topological polar surface area (TPSA) is 31.9 Å². The number of para-hydroxylation sites is 2. The summed E-state index contributed by atoms with van der Waals surface area (Å²) in [5.41, 5.74) is 4.57. The van der Waals surface area contributed by atoms with Crippen LogP contribution >= 0.6 is 0 Å². The number of hydrogen-bond donors (Lipinski definition) is 1. The molecule has 3 heteroatoms. The Balaban J connectivity index is 1.73. The van der Waals surface area contributed by atoms with Crippen molar-refractivity contribution in [1.82, 2.24) is 9.97 Å². The van der Waals surface area contributed by atoms with Crippen molar-refractivity contribution in [2.24, 2.45) is 0 Å². The zero-order valence-corrected chi connectivity index (χ0v) is 14.5. The summed E-state index contributed by atoms with van der Waals surface area (Å²) in [4.78, 5) is 10.3. The highest BCUT2D eigenvalue weighted by Crippen LogP contribution is 2.18. The Hall–Kier alpha value is -2.55. The molecular formula is C21H25N3. The molecule has 0 atom stereocenters. The third-order valence-corrected chi connectivity index (χ3v) is 4.09. The van der Waals surface area contributed by atoms with Crippen LogP contribution in [-0.4, -0.2) is 23.1 Å². The first-order chi connectivity index (χ1) is 11.8. The fraction of sp³-hybridized carbons (Fsp3) is 0.286. The lowest BCUT2D eigenvalue weighted by molar-refractivity contribution is 0.745. The molecule has 0 unspecified atom stereocenters. The molecule has 1 aromatic heterocycles. The number of rotatable bonds is 7. The van der Waals surface area contributed by atoms with Gasteiger partial charge in [0.25, 0.3) is 0 Å². The van der Waals surface area contributed by atoms with Crippen LogP contribution in [0.15, 0.2) is 48.5 Å². The number of nitrogens with one attached hydrogen (secondary N) is 1. The second kappa shape index (κ2) is 7.82. The van der Waals surface area contributed by atoms with Crippen molar-refractivity contribution in [1.29, 1.82) is 0 Å². The van der Waals surface area contributed by atoms with Gasteiger partial charge in [-0.05, 0) is 48.7 Å². The van der Waals surface area contributed by atoms with E-state index in [9.17, 15) is 0 Å². The molecule has 3 rings (SSSR count). The molecule has 0 radical (unpaired) electrons. The van der Waals surface area contributed by atoms with Crippen LogP contribution in [0.3, 0.4) is 0 Å². The summed E-state index contributed by atoms with van der Waals surface area (Å²) in [6, 6.07) is 16.9. The van der Waals surface area contributed by atoms with Crippen molar-refractivity contribution < 1.29 is 0 Å². The lowest BCUT2D eigenvalue weighted by atomic mass is 10.1. The fourth-order valence-electron chi connectivity index (χ4n) is 2.93. The van der Waals surface area contributed by atoms with Crippen LogP contribution in [0.4, 0.5) is 5.69 Å². The SMILES string of the molecule is CCCN(CCC)c1ccc(C=Cc2nc3ccccc3[nH]2)cc1. The summed E-state index contributed by atoms with van der Waals surface area (Å²) >= 11 is 0. The molecule has 0 aliphatic carbocycles. The Morgan fingerprint density at radius 1 is 0.917 bits per heavy atom. The second-order valence-electron chi connectivity index (χ2n) is 6.05. The van der Waals surface area contributed by atoms with Crippen molar-refractivity contribution in [3.8, 4) is 0 Å². The molecule has 24 heavy (non-hydrogen) atoms. The van der Waals surface area contributed by atoms with Gasteiger partial charge < -0.3 is 9.88 Å². The van der Waals surface area contributed by atoms with Crippen LogP contribution in [0.2, 0.25) is 0 Å². The van der Waals surface area contributed by atoms with E-state index in [4.69, 9.17) is 0 Å². The first kappa shape index (κ1) is 16.3. The van der Waals surface area contributed by atoms with Crippen molar-refractivity contribution in [2.45, 2.75) is 26.7 Å². The number of hydrogen-bond acceptors (Lipinski definition) is 2. The zero-order chi connectivity index (χ0) is 16.8. The molecule has 124 valence electrons. The van der Waals surface area contributed by atoms with Gasteiger partial charge in [0, 0.05) is 18.8 Å². The summed E-state index contributed by atoms with van der Waals surface area (Å²) in [5, 5.41) is 0. The van der Waals surface area contributed by atoms with Crippen LogP contribution in [0.1, 0.15) is 38.1 Å². The molecule has 3 nitrogen and oxygen atoms in total. The lowest BCUT2D eigenvalue weighted by Gasteiger charge is -2.23. The van der Waals surface area contributed by atoms with Crippen LogP contribution in [-0.2, 0) is 0 Å². The Morgan fingerprint density at radius 2 is 1.62 bits per heavy atom. The zero-order valence-electron chi connectivity index (χ0n) is 14.5. The predicted molar refractivity (Wildman–Crippen MR) is 104 cm³/mol. The Kier molecular flexibility index (Phi) is 5.32. The average Bonchev–Trinajstić information content (AvgIpc) is 3.03. The summed E-state index contributed by atoms with van der Waals surface area (Å²) in [7, 11) is 0. The molecule has 0 bridgehead atoms. The average molecular weight is 319 g/mol. The minimum atomic E-state index is 0.888. The summed E-state index contributed by atoms with van der Waals surface area (Å²) in [6.45, 7) is 6.68. The minimum Gasteiger partial charge on any atom is -0.372 e. The van der Waals surface area contributed by atoms with E-state index in [0.717, 1.165) is 29.9 Å². The maximum Gasteiger partial charge on any atom is 0.131 e. The van der Waals surface area contributed by atoms with Gasteiger partial charge in [0.05, 0.1) is 11.0 Å². The molecule has 0 saturated carbocycles. The number of aromatic nitrogens is 2. The number of benzene rings is 2. The van der Waals surface area contributed by atoms with E-state index in [0.29, 0.717) is 0 Å². The highest BCUT2D eigenvalue weighted by Gasteiger charge is 2.03. The van der Waals surface area contributed by atoms with E-state index in [1.165, 1.54) is 24.1 Å². The van der Waals surface area contributed by atoms with E-state index in [1.54, 1.807) is 0 Å². The molecule has 2 aromatic carbocycles. The molecule has 0 aliphatic rings. The summed E-state index contributed by atoms with van der Waals surface area (Å²) in [5.74, 6) is 0.888. The van der Waals surface area contributed by atoms with Gasteiger partial charge in [-0.15, -0.1) is 0 Å². The van der Waals surface area contributed by atoms with Crippen molar-refractivity contribution in [3.63, 3.8) is 0 Å². The summed E-state index contributed by atoms with van der Waals surface area (Å²) < 4.78 is 0. The summed E-state index contributed by atoms with van der Waals surface area (Å²) in [6.07, 6.45) is 6.48. The number of nitrogens with zero attached hydrogens (tertiary/aromatic N) is 2. The minimum absolute atomic E-state index is 0.888. The smallest absolute Gasteiger partial charge is 0.131 e. The number of fused-ring (bicyclic) bond motifs is 1. The van der Waals surface area contributed by atoms with Crippen molar-refractivity contribution in [3.05, 3.63) is 59.9 Å². The van der Waals surface area contributed by atoms with Gasteiger partial charge in [-0.25, -0.2) is 4.98 Å². The predicted octanol–water partition coefficient (Wildman–Crippen LogP) is 5.36. The normalized spacial score (nSPS) is 11.4. The molecule has 0 amide bonds. The Morgan fingerprint density at radius 3 is 2.29 bits per heavy atom. The van der Waals surface area contributed by atoms with Crippen LogP contribution in [0.5, 0.6) is 0 Å². The highest BCUT2D eigenvalue weighted by atomic mass is 15.1. The quantitative estimate of drug-likeness (QED) is 0.635. The standard InChI is InChI=1S/C21H25N3/c1-3-15-24(16-4-2)18-12-9-17(10-13-18)11-14-21-22-19-7-5-6-8-20(19)23-21/h5-14H,3-4,15-16H2,1-2H3,(H,22,23). The van der Waals surface area contributed by atoms with E-state index in [-0.39, 0.29) is 0 Å². The first-order valence-corrected chi connectivity index (χ1v) is 8.78. The van der Waals surface area contributed by atoms with Crippen LogP contribution in [0, 0.1) is 0 Å². The largest absolute Gasteiger partial charge is 0.372 e. The molecule has 0 saturated heterocycles. The van der Waals surface area contributed by atoms with E-state index in [2.05, 4.69) is 59.1 Å².